The van der Waals surface area contributed by atoms with Gasteiger partial charge in [0.05, 0.1) is 26.7 Å². The van der Waals surface area contributed by atoms with E-state index in [1.807, 2.05) is 12.1 Å². The minimum absolute atomic E-state index is 0.0988. The van der Waals surface area contributed by atoms with Gasteiger partial charge in [0.1, 0.15) is 11.5 Å². The van der Waals surface area contributed by atoms with Gasteiger partial charge in [-0.05, 0) is 42.5 Å². The molecule has 1 aromatic heterocycles. The Labute approximate surface area is 148 Å². The van der Waals surface area contributed by atoms with Gasteiger partial charge in [0, 0.05) is 12.5 Å². The lowest BCUT2D eigenvalue weighted by Gasteiger charge is -2.31. The molecule has 1 aromatic carbocycles. The summed E-state index contributed by atoms with van der Waals surface area (Å²) in [4.78, 5) is 4.45. The number of aryl methyl sites for hydroxylation is 2. The largest absolute Gasteiger partial charge is 0.493 e. The number of methoxy groups -OCH3 is 2. The molecule has 0 spiro atoms. The van der Waals surface area contributed by atoms with Crippen LogP contribution in [0.2, 0.25) is 0 Å². The molecule has 2 aromatic rings. The highest BCUT2D eigenvalue weighted by Crippen LogP contribution is 2.42. The Hall–Kier alpha value is -2.05. The van der Waals surface area contributed by atoms with Crippen LogP contribution < -0.4 is 15.2 Å². The molecular weight excluding hydrogens is 320 g/mol. The number of ether oxygens (including phenoxy) is 2. The number of rotatable bonds is 6. The van der Waals surface area contributed by atoms with Gasteiger partial charge in [-0.1, -0.05) is 6.92 Å². The first-order valence-corrected chi connectivity index (χ1v) is 8.72. The van der Waals surface area contributed by atoms with Gasteiger partial charge in [0.25, 0.3) is 0 Å². The third kappa shape index (κ3) is 3.24. The second kappa shape index (κ2) is 7.45. The van der Waals surface area contributed by atoms with Crippen LogP contribution in [0.1, 0.15) is 54.2 Å². The second-order valence-corrected chi connectivity index (χ2v) is 6.41. The summed E-state index contributed by atoms with van der Waals surface area (Å²) in [5, 5.41) is 9.74. The molecular formula is C19H26N2O4. The minimum Gasteiger partial charge on any atom is -0.493 e. The first kappa shape index (κ1) is 17.8. The number of fused-ring (bicyclic) bond motifs is 1. The summed E-state index contributed by atoms with van der Waals surface area (Å²) in [6.45, 7) is 1.91. The van der Waals surface area contributed by atoms with E-state index in [2.05, 4.69) is 11.9 Å². The van der Waals surface area contributed by atoms with E-state index >= 15 is 0 Å². The van der Waals surface area contributed by atoms with Gasteiger partial charge >= 0.3 is 0 Å². The van der Waals surface area contributed by atoms with Gasteiger partial charge in [0.15, 0.2) is 17.4 Å². The number of aromatic nitrogens is 1. The number of hydrogen-bond acceptors (Lipinski definition) is 6. The van der Waals surface area contributed by atoms with Gasteiger partial charge in [0.2, 0.25) is 0 Å². The summed E-state index contributed by atoms with van der Waals surface area (Å²) in [6.07, 6.45) is 3.39. The van der Waals surface area contributed by atoms with Crippen molar-refractivity contribution in [2.45, 2.75) is 51.2 Å². The molecule has 0 bridgehead atoms. The fourth-order valence-corrected chi connectivity index (χ4v) is 3.59. The SMILES string of the molecule is CCCc1nc(CO)c(C2c3cc(OC)c(OC)cc3CCC2N)o1. The minimum atomic E-state index is -0.158. The molecule has 3 rings (SSSR count). The highest BCUT2D eigenvalue weighted by molar-refractivity contribution is 5.52. The first-order valence-electron chi connectivity index (χ1n) is 8.72. The van der Waals surface area contributed by atoms with E-state index in [4.69, 9.17) is 19.6 Å². The zero-order valence-corrected chi connectivity index (χ0v) is 15.0. The number of benzene rings is 1. The summed E-state index contributed by atoms with van der Waals surface area (Å²) in [5.74, 6) is 2.55. The van der Waals surface area contributed by atoms with Crippen molar-refractivity contribution in [1.82, 2.24) is 4.98 Å². The van der Waals surface area contributed by atoms with E-state index < -0.39 is 0 Å². The van der Waals surface area contributed by atoms with E-state index in [1.54, 1.807) is 14.2 Å². The maximum atomic E-state index is 9.74. The Bertz CT molecular complexity index is 741. The highest BCUT2D eigenvalue weighted by Gasteiger charge is 2.34. The Morgan fingerprint density at radius 2 is 2.00 bits per heavy atom. The van der Waals surface area contributed by atoms with Crippen molar-refractivity contribution in [2.24, 2.45) is 5.73 Å². The molecule has 0 saturated heterocycles. The quantitative estimate of drug-likeness (QED) is 0.835. The molecule has 25 heavy (non-hydrogen) atoms. The Kier molecular flexibility index (Phi) is 5.30. The fraction of sp³-hybridized carbons (Fsp3) is 0.526. The van der Waals surface area contributed by atoms with Crippen LogP contribution in [0.25, 0.3) is 0 Å². The lowest BCUT2D eigenvalue weighted by atomic mass is 9.77. The van der Waals surface area contributed by atoms with Crippen LogP contribution in [0.15, 0.2) is 16.5 Å². The van der Waals surface area contributed by atoms with Crippen LogP contribution in [0, 0.1) is 0 Å². The normalized spacial score (nSPS) is 19.6. The van der Waals surface area contributed by atoms with E-state index in [9.17, 15) is 5.11 Å². The van der Waals surface area contributed by atoms with Gasteiger partial charge in [-0.15, -0.1) is 0 Å². The Balaban J connectivity index is 2.11. The number of oxazole rings is 1. The van der Waals surface area contributed by atoms with Gasteiger partial charge < -0.3 is 24.7 Å². The van der Waals surface area contributed by atoms with Crippen molar-refractivity contribution < 1.29 is 19.0 Å². The van der Waals surface area contributed by atoms with Gasteiger partial charge in [-0.3, -0.25) is 0 Å². The van der Waals surface area contributed by atoms with Crippen molar-refractivity contribution in [3.63, 3.8) is 0 Å². The van der Waals surface area contributed by atoms with E-state index in [1.165, 1.54) is 5.56 Å². The summed E-state index contributed by atoms with van der Waals surface area (Å²) in [7, 11) is 3.25. The maximum absolute atomic E-state index is 9.74. The fourth-order valence-electron chi connectivity index (χ4n) is 3.59. The van der Waals surface area contributed by atoms with Crippen molar-refractivity contribution in [3.05, 3.63) is 40.6 Å². The molecule has 0 amide bonds. The number of hydrogen-bond donors (Lipinski definition) is 2. The molecule has 136 valence electrons. The van der Waals surface area contributed by atoms with Crippen LogP contribution in [0.5, 0.6) is 11.5 Å². The summed E-state index contributed by atoms with van der Waals surface area (Å²) < 4.78 is 16.9. The predicted molar refractivity (Wildman–Crippen MR) is 94.1 cm³/mol. The molecule has 0 saturated carbocycles. The van der Waals surface area contributed by atoms with E-state index in [0.29, 0.717) is 28.8 Å². The molecule has 1 heterocycles. The molecule has 6 heteroatoms. The highest BCUT2D eigenvalue weighted by atomic mass is 16.5. The van der Waals surface area contributed by atoms with Crippen LogP contribution >= 0.6 is 0 Å². The molecule has 6 nitrogen and oxygen atoms in total. The van der Waals surface area contributed by atoms with E-state index in [-0.39, 0.29) is 18.6 Å². The average molecular weight is 346 g/mol. The first-order chi connectivity index (χ1) is 12.1. The number of aliphatic hydroxyl groups excluding tert-OH is 1. The topological polar surface area (TPSA) is 90.7 Å². The predicted octanol–water partition coefficient (Wildman–Crippen LogP) is 2.54. The molecule has 0 fully saturated rings. The van der Waals surface area contributed by atoms with Crippen LogP contribution in [0.3, 0.4) is 0 Å². The smallest absolute Gasteiger partial charge is 0.194 e. The number of nitrogens with two attached hydrogens (primary N) is 1. The molecule has 0 aliphatic heterocycles. The molecule has 1 aliphatic rings. The Morgan fingerprint density at radius 1 is 1.28 bits per heavy atom. The molecule has 2 unspecified atom stereocenters. The molecule has 0 radical (unpaired) electrons. The molecule has 3 N–H and O–H groups in total. The van der Waals surface area contributed by atoms with Gasteiger partial charge in [-0.2, -0.15) is 0 Å². The number of nitrogens with zero attached hydrogens (tertiary/aromatic N) is 1. The van der Waals surface area contributed by atoms with Crippen LogP contribution in [-0.4, -0.2) is 30.4 Å². The zero-order chi connectivity index (χ0) is 18.0. The second-order valence-electron chi connectivity index (χ2n) is 6.41. The maximum Gasteiger partial charge on any atom is 0.194 e. The Morgan fingerprint density at radius 3 is 2.64 bits per heavy atom. The van der Waals surface area contributed by atoms with Crippen molar-refractivity contribution in [1.29, 1.82) is 0 Å². The van der Waals surface area contributed by atoms with Crippen molar-refractivity contribution >= 4 is 0 Å². The zero-order valence-electron chi connectivity index (χ0n) is 15.0. The third-order valence-electron chi connectivity index (χ3n) is 4.82. The lowest BCUT2D eigenvalue weighted by Crippen LogP contribution is -2.34. The number of aliphatic hydroxyl groups is 1. The van der Waals surface area contributed by atoms with Gasteiger partial charge in [-0.25, -0.2) is 4.98 Å². The standard InChI is InChI=1S/C19H26N2O4/c1-4-5-17-21-14(10-22)19(25-17)18-12-9-16(24-3)15(23-2)8-11(12)6-7-13(18)20/h8-9,13,18,22H,4-7,10,20H2,1-3H3. The van der Waals surface area contributed by atoms with Crippen molar-refractivity contribution in [2.75, 3.05) is 14.2 Å². The lowest BCUT2D eigenvalue weighted by molar-refractivity contribution is 0.272. The third-order valence-corrected chi connectivity index (χ3v) is 4.82. The summed E-state index contributed by atoms with van der Waals surface area (Å²) in [6, 6.07) is 3.88. The average Bonchev–Trinajstić information content (AvgIpc) is 3.03. The monoisotopic (exact) mass is 346 g/mol. The molecule has 2 atom stereocenters. The van der Waals surface area contributed by atoms with E-state index in [0.717, 1.165) is 31.2 Å². The van der Waals surface area contributed by atoms with Crippen LogP contribution in [0.4, 0.5) is 0 Å². The molecule has 1 aliphatic carbocycles. The van der Waals surface area contributed by atoms with Crippen LogP contribution in [-0.2, 0) is 19.4 Å². The van der Waals surface area contributed by atoms with Crippen molar-refractivity contribution in [3.8, 4) is 11.5 Å². The summed E-state index contributed by atoms with van der Waals surface area (Å²) in [5.41, 5.74) is 9.26. The summed E-state index contributed by atoms with van der Waals surface area (Å²) >= 11 is 0.